The number of nitrogens with two attached hydrogens (primary N) is 2. The number of carbonyl (C=O) groups excluding carboxylic acids is 1. The van der Waals surface area contributed by atoms with Crippen molar-refractivity contribution >= 4 is 36.6 Å². The maximum Gasteiger partial charge on any atom is 0.459 e. The van der Waals surface area contributed by atoms with Crippen molar-refractivity contribution in [2.75, 3.05) is 24.7 Å². The molecule has 1 saturated heterocycles. The molecule has 1 aromatic carbocycles. The SMILES string of the molecule is CCOC(=O)[C@H](C)NP(=O)(OC[C@H]1O[C@@H](n2cnc3c(N)nc(N)nc32)C(C)(O)[C@H]1O)Oc1ccccc1. The molecule has 0 amide bonds. The summed E-state index contributed by atoms with van der Waals surface area (Å²) in [5, 5.41) is 24.6. The van der Waals surface area contributed by atoms with Crippen molar-refractivity contribution in [1.29, 1.82) is 0 Å². The number of hydrogen-bond donors (Lipinski definition) is 5. The molecule has 1 aliphatic rings. The number of rotatable bonds is 10. The van der Waals surface area contributed by atoms with Crippen molar-refractivity contribution in [1.82, 2.24) is 24.6 Å². The summed E-state index contributed by atoms with van der Waals surface area (Å²) in [4.78, 5) is 24.3. The van der Waals surface area contributed by atoms with Crippen LogP contribution in [0.4, 0.5) is 11.8 Å². The van der Waals surface area contributed by atoms with Gasteiger partial charge < -0.3 is 35.7 Å². The topological polar surface area (TPSA) is 219 Å². The third-order valence-electron chi connectivity index (χ3n) is 5.84. The van der Waals surface area contributed by atoms with Crippen LogP contribution in [0, 0.1) is 0 Å². The fourth-order valence-electron chi connectivity index (χ4n) is 3.94. The number of aliphatic hydroxyl groups is 2. The van der Waals surface area contributed by atoms with Gasteiger partial charge in [0.1, 0.15) is 35.1 Å². The van der Waals surface area contributed by atoms with Gasteiger partial charge in [0.2, 0.25) is 5.95 Å². The van der Waals surface area contributed by atoms with Crippen LogP contribution in [-0.4, -0.2) is 72.8 Å². The fourth-order valence-corrected chi connectivity index (χ4v) is 5.45. The molecule has 38 heavy (non-hydrogen) atoms. The summed E-state index contributed by atoms with van der Waals surface area (Å²) >= 11 is 0. The van der Waals surface area contributed by atoms with Gasteiger partial charge >= 0.3 is 13.7 Å². The van der Waals surface area contributed by atoms with Crippen molar-refractivity contribution in [2.45, 2.75) is 50.8 Å². The van der Waals surface area contributed by atoms with Crippen molar-refractivity contribution in [3.63, 3.8) is 0 Å². The lowest BCUT2D eigenvalue weighted by molar-refractivity contribution is -0.144. The number of imidazole rings is 1. The van der Waals surface area contributed by atoms with Crippen LogP contribution in [-0.2, 0) is 23.4 Å². The van der Waals surface area contributed by atoms with Gasteiger partial charge in [-0.15, -0.1) is 0 Å². The predicted octanol–water partition coefficient (Wildman–Crippen LogP) is 0.745. The molecule has 0 saturated carbocycles. The van der Waals surface area contributed by atoms with E-state index in [1.54, 1.807) is 37.3 Å². The number of aliphatic hydroxyl groups excluding tert-OH is 1. The summed E-state index contributed by atoms with van der Waals surface area (Å²) in [7, 11) is -4.22. The third-order valence-corrected chi connectivity index (χ3v) is 7.49. The van der Waals surface area contributed by atoms with Crippen molar-refractivity contribution in [3.8, 4) is 5.75 Å². The van der Waals surface area contributed by atoms with Gasteiger partial charge in [-0.2, -0.15) is 15.1 Å². The van der Waals surface area contributed by atoms with Crippen molar-refractivity contribution in [2.24, 2.45) is 0 Å². The first-order valence-electron chi connectivity index (χ1n) is 11.7. The molecule has 3 aromatic rings. The second kappa shape index (κ2) is 10.8. The van der Waals surface area contributed by atoms with E-state index in [4.69, 9.17) is 30.0 Å². The standard InChI is InChI=1S/C22H30N7O8P/c1-4-34-19(31)12(2)28-38(33,37-13-8-6-5-7-9-13)35-10-14-16(30)22(3,32)20(36-14)29-11-25-15-17(23)26-21(24)27-18(15)29/h5-9,11-12,14,16,20,30,32H,4,10H2,1-3H3,(H,28,33)(H4,23,24,26,27)/t12-,14+,16-,20+,22?,38?/m0/s1. The van der Waals surface area contributed by atoms with Crippen LogP contribution < -0.4 is 21.1 Å². The maximum atomic E-state index is 13.7. The van der Waals surface area contributed by atoms with Gasteiger partial charge in [0.25, 0.3) is 0 Å². The number of carbonyl (C=O) groups is 1. The molecule has 15 nitrogen and oxygen atoms in total. The van der Waals surface area contributed by atoms with E-state index in [1.165, 1.54) is 24.7 Å². The Morgan fingerprint density at radius 1 is 1.32 bits per heavy atom. The van der Waals surface area contributed by atoms with Crippen LogP contribution in [0.25, 0.3) is 11.2 Å². The first-order valence-corrected chi connectivity index (χ1v) is 13.2. The van der Waals surface area contributed by atoms with E-state index >= 15 is 0 Å². The van der Waals surface area contributed by atoms with Crippen LogP contribution in [0.1, 0.15) is 27.0 Å². The van der Waals surface area contributed by atoms with Gasteiger partial charge in [0.05, 0.1) is 19.5 Å². The Balaban J connectivity index is 1.56. The van der Waals surface area contributed by atoms with E-state index < -0.39 is 50.4 Å². The van der Waals surface area contributed by atoms with E-state index in [2.05, 4.69) is 20.0 Å². The highest BCUT2D eigenvalue weighted by Crippen LogP contribution is 2.47. The minimum Gasteiger partial charge on any atom is -0.465 e. The molecule has 0 spiro atoms. The minimum absolute atomic E-state index is 0.0325. The summed E-state index contributed by atoms with van der Waals surface area (Å²) in [5.41, 5.74) is 10.1. The zero-order valence-corrected chi connectivity index (χ0v) is 21.8. The number of para-hydroxylation sites is 1. The number of hydrogen-bond acceptors (Lipinski definition) is 13. The molecular formula is C22H30N7O8P. The molecule has 6 atom stereocenters. The number of nitrogen functional groups attached to an aromatic ring is 2. The fraction of sp³-hybridized carbons (Fsp3) is 0.455. The molecule has 4 rings (SSSR count). The maximum absolute atomic E-state index is 13.7. The average molecular weight is 551 g/mol. The lowest BCUT2D eigenvalue weighted by Gasteiger charge is -2.27. The quantitative estimate of drug-likeness (QED) is 0.173. The van der Waals surface area contributed by atoms with Crippen molar-refractivity contribution in [3.05, 3.63) is 36.7 Å². The number of nitrogens with zero attached hydrogens (tertiary/aromatic N) is 4. The van der Waals surface area contributed by atoms with Gasteiger partial charge in [-0.25, -0.2) is 9.55 Å². The summed E-state index contributed by atoms with van der Waals surface area (Å²) in [6.45, 7) is 4.06. The first-order chi connectivity index (χ1) is 17.9. The first kappa shape index (κ1) is 27.7. The van der Waals surface area contributed by atoms with Gasteiger partial charge in [-0.05, 0) is 32.9 Å². The van der Waals surface area contributed by atoms with Gasteiger partial charge in [0.15, 0.2) is 17.7 Å². The van der Waals surface area contributed by atoms with Crippen LogP contribution in [0.3, 0.4) is 0 Å². The Kier molecular flexibility index (Phi) is 7.88. The second-order valence-corrected chi connectivity index (χ2v) is 10.5. The zero-order chi connectivity index (χ0) is 27.7. The number of aromatic nitrogens is 4. The molecule has 7 N–H and O–H groups in total. The highest BCUT2D eigenvalue weighted by atomic mass is 31.2. The van der Waals surface area contributed by atoms with E-state index in [0.717, 1.165) is 0 Å². The monoisotopic (exact) mass is 551 g/mol. The molecule has 206 valence electrons. The summed E-state index contributed by atoms with van der Waals surface area (Å²) in [6, 6.07) is 7.12. The highest BCUT2D eigenvalue weighted by molar-refractivity contribution is 7.52. The van der Waals surface area contributed by atoms with Crippen molar-refractivity contribution < 1.29 is 38.1 Å². The minimum atomic E-state index is -4.22. The summed E-state index contributed by atoms with van der Waals surface area (Å²) in [5.74, 6) is -0.543. The average Bonchev–Trinajstić information content (AvgIpc) is 3.37. The van der Waals surface area contributed by atoms with E-state index in [-0.39, 0.29) is 35.3 Å². The lowest BCUT2D eigenvalue weighted by atomic mass is 9.96. The Hall–Kier alpha value is -3.33. The molecule has 0 aliphatic carbocycles. The van der Waals surface area contributed by atoms with E-state index in [9.17, 15) is 19.6 Å². The van der Waals surface area contributed by atoms with Gasteiger partial charge in [-0.3, -0.25) is 13.9 Å². The number of fused-ring (bicyclic) bond motifs is 1. The number of nitrogens with one attached hydrogen (secondary N) is 1. The predicted molar refractivity (Wildman–Crippen MR) is 135 cm³/mol. The molecule has 1 fully saturated rings. The molecular weight excluding hydrogens is 521 g/mol. The largest absolute Gasteiger partial charge is 0.465 e. The van der Waals surface area contributed by atoms with Crippen LogP contribution in [0.15, 0.2) is 36.7 Å². The van der Waals surface area contributed by atoms with Crippen LogP contribution in [0.2, 0.25) is 0 Å². The van der Waals surface area contributed by atoms with Crippen LogP contribution in [0.5, 0.6) is 5.75 Å². The molecule has 0 bridgehead atoms. The number of benzene rings is 1. The zero-order valence-electron chi connectivity index (χ0n) is 20.9. The lowest BCUT2D eigenvalue weighted by Crippen LogP contribution is -2.44. The summed E-state index contributed by atoms with van der Waals surface area (Å²) < 4.78 is 37.1. The highest BCUT2D eigenvalue weighted by Gasteiger charge is 2.54. The molecule has 1 aliphatic heterocycles. The molecule has 2 aromatic heterocycles. The molecule has 2 unspecified atom stereocenters. The van der Waals surface area contributed by atoms with E-state index in [1.807, 2.05) is 0 Å². The van der Waals surface area contributed by atoms with Gasteiger partial charge in [-0.1, -0.05) is 18.2 Å². The van der Waals surface area contributed by atoms with Gasteiger partial charge in [0, 0.05) is 0 Å². The third kappa shape index (κ3) is 5.57. The normalized spacial score (nSPS) is 25.7. The Morgan fingerprint density at radius 2 is 2.03 bits per heavy atom. The number of esters is 1. The number of ether oxygens (including phenoxy) is 2. The second-order valence-electron chi connectivity index (χ2n) is 8.79. The molecule has 3 heterocycles. The summed E-state index contributed by atoms with van der Waals surface area (Å²) in [6.07, 6.45) is -2.58. The number of anilines is 2. The molecule has 0 radical (unpaired) electrons. The van der Waals surface area contributed by atoms with Crippen LogP contribution >= 0.6 is 7.75 Å². The molecule has 16 heteroatoms. The van der Waals surface area contributed by atoms with E-state index in [0.29, 0.717) is 0 Å². The smallest absolute Gasteiger partial charge is 0.459 e. The Morgan fingerprint density at radius 3 is 2.71 bits per heavy atom. The Labute approximate surface area is 217 Å². The Bertz CT molecular complexity index is 1340.